The van der Waals surface area contributed by atoms with Gasteiger partial charge in [0.2, 0.25) is 0 Å². The molecule has 1 aromatic carbocycles. The lowest BCUT2D eigenvalue weighted by molar-refractivity contribution is -0.123. The van der Waals surface area contributed by atoms with E-state index in [1.54, 1.807) is 18.2 Å². The Balaban J connectivity index is 0.00000364. The molecule has 1 saturated heterocycles. The molecule has 1 unspecified atom stereocenters. The Bertz CT molecular complexity index is 619. The minimum Gasteiger partial charge on any atom is -0.493 e. The van der Waals surface area contributed by atoms with Crippen LogP contribution in [0.15, 0.2) is 18.2 Å². The van der Waals surface area contributed by atoms with E-state index in [-0.39, 0.29) is 36.9 Å². The molecule has 2 rings (SSSR count). The molecule has 0 saturated carbocycles. The van der Waals surface area contributed by atoms with E-state index in [0.717, 1.165) is 25.9 Å². The number of carbonyl (C=O) groups is 2. The first-order chi connectivity index (χ1) is 12.5. The number of amides is 2. The summed E-state index contributed by atoms with van der Waals surface area (Å²) in [7, 11) is 1.51. The maximum atomic E-state index is 12.4. The fraction of sp³-hybridized carbons (Fsp3) is 0.579. The summed E-state index contributed by atoms with van der Waals surface area (Å²) in [6.45, 7) is 6.31. The van der Waals surface area contributed by atoms with Crippen molar-refractivity contribution in [3.8, 4) is 11.5 Å². The summed E-state index contributed by atoms with van der Waals surface area (Å²) in [6, 6.07) is 5.01. The third-order valence-corrected chi connectivity index (χ3v) is 4.18. The second-order valence-corrected chi connectivity index (χ2v) is 6.80. The molecule has 1 aliphatic heterocycles. The molecule has 8 heteroatoms. The van der Waals surface area contributed by atoms with Gasteiger partial charge < -0.3 is 25.4 Å². The zero-order chi connectivity index (χ0) is 18.9. The van der Waals surface area contributed by atoms with Gasteiger partial charge in [0.05, 0.1) is 7.11 Å². The van der Waals surface area contributed by atoms with E-state index in [0.29, 0.717) is 29.5 Å². The van der Waals surface area contributed by atoms with Gasteiger partial charge in [0, 0.05) is 18.2 Å². The van der Waals surface area contributed by atoms with Crippen LogP contribution in [0.1, 0.15) is 37.0 Å². The smallest absolute Gasteiger partial charge is 0.258 e. The third-order valence-electron chi connectivity index (χ3n) is 4.18. The molecule has 0 radical (unpaired) electrons. The minimum absolute atomic E-state index is 0. The lowest BCUT2D eigenvalue weighted by Gasteiger charge is -2.23. The Labute approximate surface area is 167 Å². The molecule has 1 atom stereocenters. The van der Waals surface area contributed by atoms with E-state index in [9.17, 15) is 9.59 Å². The monoisotopic (exact) mass is 399 g/mol. The number of rotatable bonds is 8. The summed E-state index contributed by atoms with van der Waals surface area (Å²) < 4.78 is 10.8. The number of ether oxygens (including phenoxy) is 2. The number of benzene rings is 1. The van der Waals surface area contributed by atoms with Crippen LogP contribution in [0.3, 0.4) is 0 Å². The highest BCUT2D eigenvalue weighted by Gasteiger charge is 2.16. The first-order valence-electron chi connectivity index (χ1n) is 9.08. The van der Waals surface area contributed by atoms with Crippen LogP contribution in [0, 0.1) is 5.92 Å². The molecule has 0 aromatic heterocycles. The van der Waals surface area contributed by atoms with Crippen molar-refractivity contribution in [3.63, 3.8) is 0 Å². The van der Waals surface area contributed by atoms with Crippen LogP contribution in [0.25, 0.3) is 0 Å². The number of hydrogen-bond donors (Lipinski definition) is 3. The fourth-order valence-corrected chi connectivity index (χ4v) is 2.87. The second kappa shape index (κ2) is 11.7. The Morgan fingerprint density at radius 3 is 2.70 bits per heavy atom. The molecule has 0 aliphatic carbocycles. The van der Waals surface area contributed by atoms with Gasteiger partial charge in [0.15, 0.2) is 18.1 Å². The molecule has 7 nitrogen and oxygen atoms in total. The van der Waals surface area contributed by atoms with E-state index < -0.39 is 0 Å². The van der Waals surface area contributed by atoms with Crippen molar-refractivity contribution in [2.75, 3.05) is 33.4 Å². The van der Waals surface area contributed by atoms with Crippen LogP contribution >= 0.6 is 12.4 Å². The van der Waals surface area contributed by atoms with Crippen LogP contribution in [0.2, 0.25) is 0 Å². The molecule has 1 aromatic rings. The van der Waals surface area contributed by atoms with Gasteiger partial charge >= 0.3 is 0 Å². The molecule has 0 spiro atoms. The van der Waals surface area contributed by atoms with Gasteiger partial charge in [-0.15, -0.1) is 12.4 Å². The number of piperidine rings is 1. The third kappa shape index (κ3) is 7.64. The molecular formula is C19H30ClN3O4. The molecule has 2 amide bonds. The molecule has 1 fully saturated rings. The van der Waals surface area contributed by atoms with Crippen molar-refractivity contribution >= 4 is 24.2 Å². The zero-order valence-electron chi connectivity index (χ0n) is 16.2. The van der Waals surface area contributed by atoms with Crippen molar-refractivity contribution in [1.82, 2.24) is 16.0 Å². The SMILES string of the molecule is COc1cc(C(=O)NCC2CCCNC2)ccc1OCC(=O)NC(C)C.Cl. The number of halogens is 1. The summed E-state index contributed by atoms with van der Waals surface area (Å²) in [5.41, 5.74) is 0.504. The van der Waals surface area contributed by atoms with Gasteiger partial charge in [-0.3, -0.25) is 9.59 Å². The summed E-state index contributed by atoms with van der Waals surface area (Å²) >= 11 is 0. The molecule has 3 N–H and O–H groups in total. The van der Waals surface area contributed by atoms with Crippen molar-refractivity contribution in [2.24, 2.45) is 5.92 Å². The molecule has 1 aliphatic rings. The zero-order valence-corrected chi connectivity index (χ0v) is 17.0. The minimum atomic E-state index is -0.204. The topological polar surface area (TPSA) is 88.7 Å². The summed E-state index contributed by atoms with van der Waals surface area (Å²) in [5.74, 6) is 0.980. The van der Waals surface area contributed by atoms with E-state index in [2.05, 4.69) is 16.0 Å². The van der Waals surface area contributed by atoms with E-state index in [4.69, 9.17) is 9.47 Å². The van der Waals surface area contributed by atoms with Crippen molar-refractivity contribution < 1.29 is 19.1 Å². The average molecular weight is 400 g/mol. The number of hydrogen-bond acceptors (Lipinski definition) is 5. The van der Waals surface area contributed by atoms with Gasteiger partial charge in [0.1, 0.15) is 0 Å². The molecule has 152 valence electrons. The molecular weight excluding hydrogens is 370 g/mol. The number of nitrogens with one attached hydrogen (secondary N) is 3. The predicted molar refractivity (Wildman–Crippen MR) is 107 cm³/mol. The highest BCUT2D eigenvalue weighted by molar-refractivity contribution is 5.94. The maximum absolute atomic E-state index is 12.4. The highest BCUT2D eigenvalue weighted by Crippen LogP contribution is 2.28. The van der Waals surface area contributed by atoms with E-state index in [1.165, 1.54) is 7.11 Å². The second-order valence-electron chi connectivity index (χ2n) is 6.80. The van der Waals surface area contributed by atoms with Crippen LogP contribution in [0.5, 0.6) is 11.5 Å². The lowest BCUT2D eigenvalue weighted by Crippen LogP contribution is -2.38. The summed E-state index contributed by atoms with van der Waals surface area (Å²) in [5, 5.41) is 9.06. The van der Waals surface area contributed by atoms with Crippen molar-refractivity contribution in [3.05, 3.63) is 23.8 Å². The van der Waals surface area contributed by atoms with Gasteiger partial charge in [-0.25, -0.2) is 0 Å². The maximum Gasteiger partial charge on any atom is 0.258 e. The first-order valence-corrected chi connectivity index (χ1v) is 9.08. The van der Waals surface area contributed by atoms with Crippen molar-refractivity contribution in [1.29, 1.82) is 0 Å². The van der Waals surface area contributed by atoms with Gasteiger partial charge in [0.25, 0.3) is 11.8 Å². The average Bonchev–Trinajstić information content (AvgIpc) is 2.64. The fourth-order valence-electron chi connectivity index (χ4n) is 2.87. The van der Waals surface area contributed by atoms with Crippen LogP contribution < -0.4 is 25.4 Å². The highest BCUT2D eigenvalue weighted by atomic mass is 35.5. The van der Waals surface area contributed by atoms with Crippen molar-refractivity contribution in [2.45, 2.75) is 32.7 Å². The Morgan fingerprint density at radius 1 is 1.30 bits per heavy atom. The Hall–Kier alpha value is -1.99. The molecule has 1 heterocycles. The predicted octanol–water partition coefficient (Wildman–Crippen LogP) is 1.75. The molecule has 27 heavy (non-hydrogen) atoms. The Kier molecular flexibility index (Phi) is 9.96. The van der Waals surface area contributed by atoms with E-state index in [1.807, 2.05) is 13.8 Å². The normalized spacial score (nSPS) is 16.2. The quantitative estimate of drug-likeness (QED) is 0.619. The summed E-state index contributed by atoms with van der Waals surface area (Å²) in [4.78, 5) is 24.1. The molecule has 0 bridgehead atoms. The standard InChI is InChI=1S/C19H29N3O4.ClH/c1-13(2)22-18(23)12-26-16-7-6-15(9-17(16)25-3)19(24)21-11-14-5-4-8-20-10-14;/h6-7,9,13-14,20H,4-5,8,10-12H2,1-3H3,(H,21,24)(H,22,23);1H. The van der Waals surface area contributed by atoms with Crippen LogP contribution in [-0.4, -0.2) is 51.2 Å². The Morgan fingerprint density at radius 2 is 2.07 bits per heavy atom. The van der Waals surface area contributed by atoms with E-state index >= 15 is 0 Å². The lowest BCUT2D eigenvalue weighted by atomic mass is 9.99. The number of carbonyl (C=O) groups excluding carboxylic acids is 2. The van der Waals surface area contributed by atoms with Crippen LogP contribution in [-0.2, 0) is 4.79 Å². The number of methoxy groups -OCH3 is 1. The van der Waals surface area contributed by atoms with Gasteiger partial charge in [-0.2, -0.15) is 0 Å². The van der Waals surface area contributed by atoms with Gasteiger partial charge in [-0.05, 0) is 63.9 Å². The van der Waals surface area contributed by atoms with Crippen LogP contribution in [0.4, 0.5) is 0 Å². The largest absolute Gasteiger partial charge is 0.493 e. The summed E-state index contributed by atoms with van der Waals surface area (Å²) in [6.07, 6.45) is 2.27. The van der Waals surface area contributed by atoms with Gasteiger partial charge in [-0.1, -0.05) is 0 Å². The first kappa shape index (κ1) is 23.0.